The van der Waals surface area contributed by atoms with Crippen molar-refractivity contribution >= 4 is 17.9 Å². The topological polar surface area (TPSA) is 120 Å². The SMILES string of the molecule is CCCCC(CC)C(=O)[O-].CCCCC(CC)C(=O)[O-].CCCCC(CC)C(=O)[O-].Cc1ccccc1.[Eu+3]. The molecule has 3 atom stereocenters. The molecule has 7 heteroatoms. The van der Waals surface area contributed by atoms with Gasteiger partial charge in [0.15, 0.2) is 0 Å². The quantitative estimate of drug-likeness (QED) is 0.263. The standard InChI is InChI=1S/3C8H16O2.C7H8.Eu/c3*1-3-5-6-7(4-2)8(9)10;1-7-5-3-2-4-6-7;/h3*7H,3-6H2,1-2H3,(H,9,10);2-6H,1H3;/q;;;;+3/p-3. The van der Waals surface area contributed by atoms with Crippen LogP contribution in [0.4, 0.5) is 0 Å². The number of carbonyl (C=O) groups excluding carboxylic acids is 3. The second-order valence-electron chi connectivity index (χ2n) is 9.35. The van der Waals surface area contributed by atoms with Gasteiger partial charge in [-0.05, 0) is 63.2 Å². The fourth-order valence-corrected chi connectivity index (χ4v) is 3.35. The third-order valence-electron chi connectivity index (χ3n) is 6.14. The van der Waals surface area contributed by atoms with E-state index in [-0.39, 0.29) is 67.1 Å². The van der Waals surface area contributed by atoms with E-state index in [2.05, 4.69) is 39.8 Å². The van der Waals surface area contributed by atoms with Gasteiger partial charge in [0.2, 0.25) is 0 Å². The Kier molecular flexibility index (Phi) is 37.8. The summed E-state index contributed by atoms with van der Waals surface area (Å²) in [7, 11) is 0. The molecule has 0 saturated carbocycles. The molecule has 3 unspecified atom stereocenters. The van der Waals surface area contributed by atoms with Crippen molar-refractivity contribution in [1.82, 2.24) is 0 Å². The molecule has 1 aromatic rings. The minimum absolute atomic E-state index is 0. The predicted octanol–water partition coefficient (Wildman–Crippen LogP) is 4.85. The maximum absolute atomic E-state index is 10.3. The summed E-state index contributed by atoms with van der Waals surface area (Å²) in [4.78, 5) is 31.0. The minimum atomic E-state index is -0.893. The molecule has 6 nitrogen and oxygen atoms in total. The van der Waals surface area contributed by atoms with Crippen molar-refractivity contribution in [2.24, 2.45) is 17.8 Å². The van der Waals surface area contributed by atoms with Crippen LogP contribution in [0.3, 0.4) is 0 Å². The molecule has 0 spiro atoms. The smallest absolute Gasteiger partial charge is 0.550 e. The van der Waals surface area contributed by atoms with Crippen LogP contribution in [-0.2, 0) is 14.4 Å². The number of hydrogen-bond acceptors (Lipinski definition) is 6. The van der Waals surface area contributed by atoms with Gasteiger partial charge in [0.25, 0.3) is 0 Å². The maximum atomic E-state index is 10.3. The van der Waals surface area contributed by atoms with E-state index in [9.17, 15) is 29.7 Å². The first-order valence-electron chi connectivity index (χ1n) is 14.2. The molecule has 0 aromatic heterocycles. The maximum Gasteiger partial charge on any atom is 3.00 e. The third kappa shape index (κ3) is 29.8. The molecule has 0 fully saturated rings. The number of carbonyl (C=O) groups is 3. The minimum Gasteiger partial charge on any atom is -0.550 e. The molecule has 0 bridgehead atoms. The second kappa shape index (κ2) is 32.4. The van der Waals surface area contributed by atoms with Gasteiger partial charge >= 0.3 is 49.4 Å². The fraction of sp³-hybridized carbons (Fsp3) is 0.710. The van der Waals surface area contributed by atoms with Gasteiger partial charge in [-0.1, -0.05) is 116 Å². The molecule has 220 valence electrons. The van der Waals surface area contributed by atoms with E-state index in [1.165, 1.54) is 5.56 Å². The normalized spacial score (nSPS) is 11.9. The Morgan fingerprint density at radius 2 is 0.842 bits per heavy atom. The van der Waals surface area contributed by atoms with E-state index in [0.717, 1.165) is 57.8 Å². The van der Waals surface area contributed by atoms with E-state index in [1.54, 1.807) is 0 Å². The summed E-state index contributed by atoms with van der Waals surface area (Å²) in [6, 6.07) is 10.3. The van der Waals surface area contributed by atoms with E-state index in [1.807, 2.05) is 39.0 Å². The first-order chi connectivity index (χ1) is 17.6. The Labute approximate surface area is 273 Å². The van der Waals surface area contributed by atoms with Crippen molar-refractivity contribution in [2.45, 2.75) is 126 Å². The van der Waals surface area contributed by atoms with E-state index in [0.29, 0.717) is 19.3 Å². The van der Waals surface area contributed by atoms with Crippen molar-refractivity contribution in [1.29, 1.82) is 0 Å². The Hall–Kier alpha value is -0.786. The van der Waals surface area contributed by atoms with E-state index >= 15 is 0 Å². The van der Waals surface area contributed by atoms with Gasteiger partial charge in [0.05, 0.1) is 0 Å². The monoisotopic (exact) mass is 674 g/mol. The summed E-state index contributed by atoms with van der Waals surface area (Å²) in [6.45, 7) is 13.9. The molecule has 1 rings (SSSR count). The Morgan fingerprint density at radius 1 is 0.579 bits per heavy atom. The Morgan fingerprint density at radius 3 is 0.974 bits per heavy atom. The van der Waals surface area contributed by atoms with E-state index in [4.69, 9.17) is 0 Å². The average Bonchev–Trinajstić information content (AvgIpc) is 2.86. The van der Waals surface area contributed by atoms with Crippen molar-refractivity contribution in [3.63, 3.8) is 0 Å². The van der Waals surface area contributed by atoms with Crippen LogP contribution in [0.25, 0.3) is 0 Å². The molecule has 0 N–H and O–H groups in total. The molecule has 0 saturated heterocycles. The molecule has 0 aliphatic rings. The van der Waals surface area contributed by atoms with Crippen LogP contribution in [0.15, 0.2) is 30.3 Å². The first-order valence-corrected chi connectivity index (χ1v) is 14.2. The van der Waals surface area contributed by atoms with Crippen molar-refractivity contribution in [3.05, 3.63) is 35.9 Å². The zero-order chi connectivity index (χ0) is 29.1. The van der Waals surface area contributed by atoms with Gasteiger partial charge in [-0.25, -0.2) is 0 Å². The molecule has 0 aliphatic carbocycles. The zero-order valence-electron chi connectivity index (χ0n) is 24.9. The molecule has 0 amide bonds. The summed E-state index contributed by atoms with van der Waals surface area (Å²) in [6.07, 6.45) is 10.6. The van der Waals surface area contributed by atoms with Gasteiger partial charge in [0, 0.05) is 17.9 Å². The van der Waals surface area contributed by atoms with Gasteiger partial charge < -0.3 is 29.7 Å². The number of unbranched alkanes of at least 4 members (excludes halogenated alkanes) is 3. The Bertz CT molecular complexity index is 604. The van der Waals surface area contributed by atoms with Gasteiger partial charge in [-0.15, -0.1) is 0 Å². The van der Waals surface area contributed by atoms with Crippen LogP contribution in [0.1, 0.15) is 124 Å². The number of carboxylic acid groups (broad SMARTS) is 3. The average molecular weight is 674 g/mol. The second-order valence-corrected chi connectivity index (χ2v) is 9.35. The number of aryl methyl sites for hydroxylation is 1. The van der Waals surface area contributed by atoms with Crippen molar-refractivity contribution in [2.75, 3.05) is 0 Å². The molecule has 38 heavy (non-hydrogen) atoms. The molecular formula is C31H53EuO6. The van der Waals surface area contributed by atoms with Crippen LogP contribution in [0.2, 0.25) is 0 Å². The summed E-state index contributed by atoms with van der Waals surface area (Å²) in [5.74, 6) is -3.34. The predicted molar refractivity (Wildman–Crippen MR) is 146 cm³/mol. The number of benzene rings is 1. The number of hydrogen-bond donors (Lipinski definition) is 0. The summed E-state index contributed by atoms with van der Waals surface area (Å²) >= 11 is 0. The number of rotatable bonds is 15. The van der Waals surface area contributed by atoms with Crippen molar-refractivity contribution in [3.8, 4) is 0 Å². The van der Waals surface area contributed by atoms with Crippen LogP contribution in [0.5, 0.6) is 0 Å². The summed E-state index contributed by atoms with van der Waals surface area (Å²) in [5.41, 5.74) is 1.32. The largest absolute Gasteiger partial charge is 3.00 e. The molecule has 1 aromatic carbocycles. The van der Waals surface area contributed by atoms with Gasteiger partial charge in [-0.2, -0.15) is 0 Å². The van der Waals surface area contributed by atoms with Crippen molar-refractivity contribution < 1.29 is 79.1 Å². The van der Waals surface area contributed by atoms with Gasteiger partial charge in [0.1, 0.15) is 0 Å². The summed E-state index contributed by atoms with van der Waals surface area (Å²) in [5, 5.41) is 31.0. The number of aliphatic carboxylic acids is 3. The molecule has 0 heterocycles. The molecular weight excluding hydrogens is 620 g/mol. The molecule has 0 radical (unpaired) electrons. The van der Waals surface area contributed by atoms with E-state index < -0.39 is 17.9 Å². The first kappa shape index (κ1) is 44.2. The van der Waals surface area contributed by atoms with Crippen LogP contribution in [-0.4, -0.2) is 17.9 Å². The molecule has 0 aliphatic heterocycles. The summed E-state index contributed by atoms with van der Waals surface area (Å²) < 4.78 is 0. The van der Waals surface area contributed by atoms with Crippen LogP contribution in [0, 0.1) is 74.1 Å². The number of carboxylic acids is 3. The Balaban J connectivity index is -0.000000202. The third-order valence-corrected chi connectivity index (χ3v) is 6.14. The van der Waals surface area contributed by atoms with Crippen LogP contribution >= 0.6 is 0 Å². The van der Waals surface area contributed by atoms with Crippen LogP contribution < -0.4 is 15.3 Å². The zero-order valence-corrected chi connectivity index (χ0v) is 27.4. The van der Waals surface area contributed by atoms with Gasteiger partial charge in [-0.3, -0.25) is 0 Å². The fourth-order valence-electron chi connectivity index (χ4n) is 3.35.